The summed E-state index contributed by atoms with van der Waals surface area (Å²) in [7, 11) is 0. The number of para-hydroxylation sites is 1. The number of benzene rings is 2. The highest BCUT2D eigenvalue weighted by atomic mass is 16.5. The minimum absolute atomic E-state index is 0.125. The van der Waals surface area contributed by atoms with Crippen molar-refractivity contribution in [1.82, 2.24) is 0 Å². The molecule has 30 heavy (non-hydrogen) atoms. The van der Waals surface area contributed by atoms with E-state index in [9.17, 15) is 0 Å². The second kappa shape index (κ2) is 9.01. The molecule has 0 aliphatic rings. The normalized spacial score (nSPS) is 12.7. The van der Waals surface area contributed by atoms with Crippen LogP contribution in [0.3, 0.4) is 0 Å². The first-order valence-electron chi connectivity index (χ1n) is 11.2. The Kier molecular flexibility index (Phi) is 7.29. The molecular formula is C27H41NO2. The van der Waals surface area contributed by atoms with E-state index in [4.69, 9.17) is 15.2 Å². The predicted molar refractivity (Wildman–Crippen MR) is 128 cm³/mol. The van der Waals surface area contributed by atoms with Gasteiger partial charge in [-0.1, -0.05) is 59.7 Å². The third-order valence-electron chi connectivity index (χ3n) is 5.34. The van der Waals surface area contributed by atoms with Crippen LogP contribution in [0.5, 0.6) is 17.2 Å². The van der Waals surface area contributed by atoms with Crippen LogP contribution in [0, 0.1) is 5.41 Å². The molecule has 0 saturated carbocycles. The summed E-state index contributed by atoms with van der Waals surface area (Å²) in [4.78, 5) is 0. The summed E-state index contributed by atoms with van der Waals surface area (Å²) in [6.07, 6.45) is 1.84. The Labute approximate surface area is 184 Å². The Hall–Kier alpha value is -2.00. The molecule has 0 aliphatic heterocycles. The standard InChI is InChI=1S/C27H41NO2/c1-10-20-21(27(8,9)28)17-22(26(6,7)18-25(3,4)5)24(23(20)29-11-2)30-19-15-13-12-14-16-19/h12-17H,10-11,18,28H2,1-9H3. The molecule has 3 nitrogen and oxygen atoms in total. The number of ether oxygens (including phenoxy) is 2. The highest BCUT2D eigenvalue weighted by Gasteiger charge is 2.35. The van der Waals surface area contributed by atoms with Crippen LogP contribution in [0.25, 0.3) is 0 Å². The maximum Gasteiger partial charge on any atom is 0.173 e. The molecule has 3 heteroatoms. The second-order valence-corrected chi connectivity index (χ2v) is 10.7. The molecule has 0 spiro atoms. The Morgan fingerprint density at radius 1 is 0.833 bits per heavy atom. The minimum Gasteiger partial charge on any atom is -0.490 e. The predicted octanol–water partition coefficient (Wildman–Crippen LogP) is 7.35. The van der Waals surface area contributed by atoms with Crippen LogP contribution in [-0.2, 0) is 17.4 Å². The van der Waals surface area contributed by atoms with E-state index < -0.39 is 5.54 Å². The van der Waals surface area contributed by atoms with Gasteiger partial charge in [0.05, 0.1) is 6.61 Å². The van der Waals surface area contributed by atoms with E-state index in [0.717, 1.165) is 46.8 Å². The van der Waals surface area contributed by atoms with Crippen molar-refractivity contribution in [3.8, 4) is 17.2 Å². The molecular weight excluding hydrogens is 370 g/mol. The van der Waals surface area contributed by atoms with E-state index in [2.05, 4.69) is 61.5 Å². The molecule has 0 aliphatic carbocycles. The Morgan fingerprint density at radius 3 is 1.90 bits per heavy atom. The van der Waals surface area contributed by atoms with Crippen molar-refractivity contribution in [2.75, 3.05) is 6.61 Å². The molecule has 0 heterocycles. The van der Waals surface area contributed by atoms with Crippen LogP contribution in [-0.4, -0.2) is 6.61 Å². The van der Waals surface area contributed by atoms with Gasteiger partial charge in [0.1, 0.15) is 5.75 Å². The summed E-state index contributed by atoms with van der Waals surface area (Å²) in [6.45, 7) is 20.3. The van der Waals surface area contributed by atoms with E-state index in [-0.39, 0.29) is 10.8 Å². The number of rotatable bonds is 8. The molecule has 2 rings (SSSR count). The van der Waals surface area contributed by atoms with E-state index in [1.807, 2.05) is 37.3 Å². The molecule has 0 bridgehead atoms. The average Bonchev–Trinajstić information content (AvgIpc) is 2.60. The summed E-state index contributed by atoms with van der Waals surface area (Å²) in [5.74, 6) is 2.46. The third kappa shape index (κ3) is 5.78. The summed E-state index contributed by atoms with van der Waals surface area (Å²) >= 11 is 0. The molecule has 0 unspecified atom stereocenters. The van der Waals surface area contributed by atoms with Crippen molar-refractivity contribution in [1.29, 1.82) is 0 Å². The van der Waals surface area contributed by atoms with Gasteiger partial charge in [-0.25, -0.2) is 0 Å². The zero-order valence-electron chi connectivity index (χ0n) is 20.5. The highest BCUT2D eigenvalue weighted by Crippen LogP contribution is 2.49. The Balaban J connectivity index is 2.86. The van der Waals surface area contributed by atoms with Gasteiger partial charge in [-0.3, -0.25) is 0 Å². The molecule has 2 N–H and O–H groups in total. The summed E-state index contributed by atoms with van der Waals surface area (Å²) in [6, 6.07) is 12.2. The van der Waals surface area contributed by atoms with E-state index in [0.29, 0.717) is 6.61 Å². The van der Waals surface area contributed by atoms with Gasteiger partial charge in [0, 0.05) is 16.7 Å². The smallest absolute Gasteiger partial charge is 0.173 e. The van der Waals surface area contributed by atoms with Crippen LogP contribution >= 0.6 is 0 Å². The zero-order chi connectivity index (χ0) is 22.7. The molecule has 2 aromatic rings. The summed E-state index contributed by atoms with van der Waals surface area (Å²) in [5, 5.41) is 0. The SMILES string of the molecule is CCOc1c(CC)c(C(C)(C)N)cc(C(C)(C)CC(C)(C)C)c1Oc1ccccc1. The van der Waals surface area contributed by atoms with Gasteiger partial charge < -0.3 is 15.2 Å². The van der Waals surface area contributed by atoms with Crippen LogP contribution in [0.15, 0.2) is 36.4 Å². The van der Waals surface area contributed by atoms with Crippen molar-refractivity contribution < 1.29 is 9.47 Å². The molecule has 0 amide bonds. The van der Waals surface area contributed by atoms with E-state index in [1.54, 1.807) is 0 Å². The molecule has 0 atom stereocenters. The summed E-state index contributed by atoms with van der Waals surface area (Å²) in [5.41, 5.74) is 9.62. The van der Waals surface area contributed by atoms with Crippen molar-refractivity contribution in [3.63, 3.8) is 0 Å². The van der Waals surface area contributed by atoms with Crippen LogP contribution in [0.2, 0.25) is 0 Å². The molecule has 2 aromatic carbocycles. The largest absolute Gasteiger partial charge is 0.490 e. The zero-order valence-corrected chi connectivity index (χ0v) is 20.5. The lowest BCUT2D eigenvalue weighted by molar-refractivity contribution is 0.272. The summed E-state index contributed by atoms with van der Waals surface area (Å²) < 4.78 is 12.8. The van der Waals surface area contributed by atoms with Crippen LogP contribution in [0.1, 0.15) is 85.4 Å². The lowest BCUT2D eigenvalue weighted by atomic mass is 9.70. The maximum atomic E-state index is 6.64. The van der Waals surface area contributed by atoms with Crippen LogP contribution < -0.4 is 15.2 Å². The highest BCUT2D eigenvalue weighted by molar-refractivity contribution is 5.60. The number of hydrogen-bond donors (Lipinski definition) is 1. The van der Waals surface area contributed by atoms with Crippen molar-refractivity contribution in [2.24, 2.45) is 11.1 Å². The molecule has 0 saturated heterocycles. The van der Waals surface area contributed by atoms with Gasteiger partial charge in [-0.15, -0.1) is 0 Å². The molecule has 0 aromatic heterocycles. The first-order valence-corrected chi connectivity index (χ1v) is 11.2. The van der Waals surface area contributed by atoms with Crippen molar-refractivity contribution in [2.45, 2.75) is 86.1 Å². The van der Waals surface area contributed by atoms with Gasteiger partial charge in [-0.05, 0) is 68.2 Å². The topological polar surface area (TPSA) is 44.5 Å². The van der Waals surface area contributed by atoms with Crippen LogP contribution in [0.4, 0.5) is 0 Å². The lowest BCUT2D eigenvalue weighted by Gasteiger charge is -2.37. The lowest BCUT2D eigenvalue weighted by Crippen LogP contribution is -2.32. The fourth-order valence-corrected chi connectivity index (χ4v) is 4.53. The fraction of sp³-hybridized carbons (Fsp3) is 0.556. The fourth-order valence-electron chi connectivity index (χ4n) is 4.53. The monoisotopic (exact) mass is 411 g/mol. The first-order chi connectivity index (χ1) is 13.8. The van der Waals surface area contributed by atoms with Gasteiger partial charge in [0.15, 0.2) is 11.5 Å². The van der Waals surface area contributed by atoms with Crippen molar-refractivity contribution in [3.05, 3.63) is 53.1 Å². The van der Waals surface area contributed by atoms with Gasteiger partial charge in [0.2, 0.25) is 0 Å². The quantitative estimate of drug-likeness (QED) is 0.494. The molecule has 0 fully saturated rings. The number of nitrogens with two attached hydrogens (primary N) is 1. The second-order valence-electron chi connectivity index (χ2n) is 10.7. The molecule has 166 valence electrons. The molecule has 0 radical (unpaired) electrons. The third-order valence-corrected chi connectivity index (χ3v) is 5.34. The first kappa shape index (κ1) is 24.3. The Morgan fingerprint density at radius 2 is 1.43 bits per heavy atom. The van der Waals surface area contributed by atoms with Gasteiger partial charge in [-0.2, -0.15) is 0 Å². The van der Waals surface area contributed by atoms with Crippen molar-refractivity contribution >= 4 is 0 Å². The minimum atomic E-state index is -0.477. The van der Waals surface area contributed by atoms with Gasteiger partial charge >= 0.3 is 0 Å². The van der Waals surface area contributed by atoms with E-state index >= 15 is 0 Å². The maximum absolute atomic E-state index is 6.64. The number of hydrogen-bond acceptors (Lipinski definition) is 3. The average molecular weight is 412 g/mol. The van der Waals surface area contributed by atoms with E-state index in [1.165, 1.54) is 0 Å². The Bertz CT molecular complexity index is 840. The van der Waals surface area contributed by atoms with Gasteiger partial charge in [0.25, 0.3) is 0 Å².